The third-order valence-corrected chi connectivity index (χ3v) is 9.09. The lowest BCUT2D eigenvalue weighted by molar-refractivity contribution is -0.123. The van der Waals surface area contributed by atoms with E-state index in [1.165, 1.54) is 43.5 Å². The predicted molar refractivity (Wildman–Crippen MR) is 150 cm³/mol. The zero-order valence-corrected chi connectivity index (χ0v) is 22.5. The first kappa shape index (κ1) is 24.0. The van der Waals surface area contributed by atoms with Gasteiger partial charge in [0.1, 0.15) is 5.82 Å². The number of nitrogens with zero attached hydrogens (tertiary/aromatic N) is 3. The number of aromatic nitrogens is 1. The molecule has 0 radical (unpaired) electrons. The second-order valence-corrected chi connectivity index (χ2v) is 12.0. The number of halogens is 2. The summed E-state index contributed by atoms with van der Waals surface area (Å²) in [4.78, 5) is 21.5. The zero-order chi connectivity index (χ0) is 24.6. The monoisotopic (exact) mass is 565 g/mol. The van der Waals surface area contributed by atoms with Gasteiger partial charge in [-0.3, -0.25) is 14.7 Å². The fourth-order valence-corrected chi connectivity index (χ4v) is 7.21. The zero-order valence-electron chi connectivity index (χ0n) is 20.1. The highest BCUT2D eigenvalue weighted by Crippen LogP contribution is 2.40. The van der Waals surface area contributed by atoms with Crippen LogP contribution in [-0.2, 0) is 11.3 Å². The van der Waals surface area contributed by atoms with Gasteiger partial charge in [-0.05, 0) is 67.8 Å². The Morgan fingerprint density at radius 1 is 1.06 bits per heavy atom. The van der Waals surface area contributed by atoms with E-state index in [0.717, 1.165) is 56.7 Å². The summed E-state index contributed by atoms with van der Waals surface area (Å²) in [6, 6.07) is 13.6. The number of aliphatic imine (C=N–C) groups is 1. The van der Waals surface area contributed by atoms with E-state index in [0.29, 0.717) is 18.2 Å². The van der Waals surface area contributed by atoms with Crippen LogP contribution >= 0.6 is 27.7 Å². The van der Waals surface area contributed by atoms with Crippen molar-refractivity contribution in [3.05, 3.63) is 75.0 Å². The molecule has 1 aromatic heterocycles. The molecule has 2 aromatic carbocycles. The molecule has 3 aliphatic rings. The number of benzene rings is 2. The highest BCUT2D eigenvalue weighted by atomic mass is 79.9. The van der Waals surface area contributed by atoms with Gasteiger partial charge in [0.15, 0.2) is 5.17 Å². The quantitative estimate of drug-likeness (QED) is 0.296. The average molecular weight is 567 g/mol. The molecule has 1 amide bonds. The largest absolute Gasteiger partial charge is 0.342 e. The number of amidine groups is 1. The van der Waals surface area contributed by atoms with Crippen LogP contribution in [0.3, 0.4) is 0 Å². The second-order valence-electron chi connectivity index (χ2n) is 10.0. The minimum absolute atomic E-state index is 0.0775. The predicted octanol–water partition coefficient (Wildman–Crippen LogP) is 7.75. The molecule has 2 heterocycles. The molecule has 186 valence electrons. The first-order chi connectivity index (χ1) is 17.6. The number of rotatable bonds is 5. The van der Waals surface area contributed by atoms with E-state index >= 15 is 0 Å². The van der Waals surface area contributed by atoms with Gasteiger partial charge < -0.3 is 4.57 Å². The molecular formula is C29H29BrFN3OS. The van der Waals surface area contributed by atoms with Gasteiger partial charge >= 0.3 is 0 Å². The van der Waals surface area contributed by atoms with Gasteiger partial charge in [0.05, 0.1) is 17.5 Å². The van der Waals surface area contributed by atoms with Crippen LogP contribution in [0.4, 0.5) is 4.39 Å². The molecule has 2 saturated carbocycles. The van der Waals surface area contributed by atoms with Crippen molar-refractivity contribution >= 4 is 55.7 Å². The molecule has 1 aliphatic heterocycles. The molecule has 3 aromatic rings. The lowest BCUT2D eigenvalue weighted by Crippen LogP contribution is -2.38. The molecule has 7 heteroatoms. The smallest absolute Gasteiger partial charge is 0.267 e. The van der Waals surface area contributed by atoms with Crippen LogP contribution in [0, 0.1) is 5.82 Å². The third-order valence-electron chi connectivity index (χ3n) is 7.60. The van der Waals surface area contributed by atoms with Crippen molar-refractivity contribution in [3.8, 4) is 0 Å². The van der Waals surface area contributed by atoms with Gasteiger partial charge in [-0.1, -0.05) is 59.8 Å². The summed E-state index contributed by atoms with van der Waals surface area (Å²) in [5.74, 6) is -0.133. The summed E-state index contributed by atoms with van der Waals surface area (Å²) >= 11 is 5.13. The average Bonchev–Trinajstić information content (AvgIpc) is 3.66. The Morgan fingerprint density at radius 3 is 2.58 bits per heavy atom. The first-order valence-corrected chi connectivity index (χ1v) is 14.5. The lowest BCUT2D eigenvalue weighted by atomic mass is 10.1. The fourth-order valence-electron chi connectivity index (χ4n) is 5.74. The van der Waals surface area contributed by atoms with Crippen LogP contribution in [0.5, 0.6) is 0 Å². The Hall–Kier alpha value is -2.38. The molecule has 2 aliphatic carbocycles. The summed E-state index contributed by atoms with van der Waals surface area (Å²) in [5.41, 5.74) is 2.62. The number of carbonyl (C=O) groups is 1. The standard InChI is InChI=1S/C29H29BrFN3OS/c30-21-13-14-26-24(16-21)20(18-33(26)17-19-7-1-6-12-25(19)31)15-27-28(35)34(23-10-4-5-11-23)29(36-27)32-22-8-2-3-9-22/h1,6-7,12-16,18,22-23H,2-5,8-11,17H2/b27-15-,32-29?. The summed E-state index contributed by atoms with van der Waals surface area (Å²) in [6.07, 6.45) is 13.2. The topological polar surface area (TPSA) is 37.6 Å². The molecule has 0 bridgehead atoms. The van der Waals surface area contributed by atoms with Crippen LogP contribution < -0.4 is 0 Å². The summed E-state index contributed by atoms with van der Waals surface area (Å²) < 4.78 is 17.5. The number of hydrogen-bond acceptors (Lipinski definition) is 3. The molecule has 0 spiro atoms. The van der Waals surface area contributed by atoms with Crippen LogP contribution in [-0.4, -0.2) is 32.6 Å². The van der Waals surface area contributed by atoms with Gasteiger partial charge in [0, 0.05) is 38.7 Å². The van der Waals surface area contributed by atoms with Crippen molar-refractivity contribution in [1.29, 1.82) is 0 Å². The number of hydrogen-bond donors (Lipinski definition) is 0. The van der Waals surface area contributed by atoms with Gasteiger partial charge in [0.25, 0.3) is 5.91 Å². The number of carbonyl (C=O) groups excluding carboxylic acids is 1. The Balaban J connectivity index is 1.39. The van der Waals surface area contributed by atoms with Crippen molar-refractivity contribution in [2.75, 3.05) is 0 Å². The molecule has 0 N–H and O–H groups in total. The normalized spacial score (nSPS) is 21.7. The molecule has 3 fully saturated rings. The van der Waals surface area contributed by atoms with Crippen molar-refractivity contribution < 1.29 is 9.18 Å². The van der Waals surface area contributed by atoms with E-state index in [2.05, 4.69) is 26.6 Å². The van der Waals surface area contributed by atoms with Crippen LogP contribution in [0.2, 0.25) is 0 Å². The lowest BCUT2D eigenvalue weighted by Gasteiger charge is -2.23. The van der Waals surface area contributed by atoms with E-state index in [9.17, 15) is 9.18 Å². The maximum Gasteiger partial charge on any atom is 0.267 e. The molecule has 6 rings (SSSR count). The van der Waals surface area contributed by atoms with E-state index < -0.39 is 0 Å². The molecule has 1 saturated heterocycles. The van der Waals surface area contributed by atoms with Gasteiger partial charge in [0.2, 0.25) is 0 Å². The van der Waals surface area contributed by atoms with Crippen molar-refractivity contribution in [2.24, 2.45) is 4.99 Å². The highest BCUT2D eigenvalue weighted by molar-refractivity contribution is 9.10. The Morgan fingerprint density at radius 2 is 1.81 bits per heavy atom. The van der Waals surface area contributed by atoms with Crippen LogP contribution in [0.1, 0.15) is 62.5 Å². The second kappa shape index (κ2) is 10.2. The SMILES string of the molecule is O=C1/C(=C/c2cn(Cc3ccccc3F)c3ccc(Br)cc23)SC(=NC2CCCC2)N1C1CCCC1. The van der Waals surface area contributed by atoms with Crippen molar-refractivity contribution in [3.63, 3.8) is 0 Å². The van der Waals surface area contributed by atoms with Gasteiger partial charge in [-0.15, -0.1) is 0 Å². The number of amides is 1. The summed E-state index contributed by atoms with van der Waals surface area (Å²) in [5, 5.41) is 1.93. The van der Waals surface area contributed by atoms with Crippen LogP contribution in [0.25, 0.3) is 17.0 Å². The minimum atomic E-state index is -0.210. The van der Waals surface area contributed by atoms with Crippen molar-refractivity contribution in [1.82, 2.24) is 9.47 Å². The fraction of sp³-hybridized carbons (Fsp3) is 0.379. The maximum absolute atomic E-state index is 14.4. The summed E-state index contributed by atoms with van der Waals surface area (Å²) in [6.45, 7) is 0.428. The molecular weight excluding hydrogens is 537 g/mol. The summed E-state index contributed by atoms with van der Waals surface area (Å²) in [7, 11) is 0. The van der Waals surface area contributed by atoms with E-state index in [4.69, 9.17) is 4.99 Å². The Labute approximate surface area is 223 Å². The third kappa shape index (κ3) is 4.68. The molecule has 0 atom stereocenters. The highest BCUT2D eigenvalue weighted by Gasteiger charge is 2.39. The maximum atomic E-state index is 14.4. The first-order valence-electron chi connectivity index (χ1n) is 12.9. The Bertz CT molecular complexity index is 1370. The van der Waals surface area contributed by atoms with E-state index in [1.807, 2.05) is 41.4 Å². The molecule has 4 nitrogen and oxygen atoms in total. The minimum Gasteiger partial charge on any atom is -0.342 e. The van der Waals surface area contributed by atoms with E-state index in [-0.39, 0.29) is 17.8 Å². The van der Waals surface area contributed by atoms with Gasteiger partial charge in [-0.2, -0.15) is 0 Å². The molecule has 36 heavy (non-hydrogen) atoms. The van der Waals surface area contributed by atoms with Crippen molar-refractivity contribution in [2.45, 2.75) is 70.0 Å². The van der Waals surface area contributed by atoms with Gasteiger partial charge in [-0.25, -0.2) is 4.39 Å². The van der Waals surface area contributed by atoms with E-state index in [1.54, 1.807) is 6.07 Å². The van der Waals surface area contributed by atoms with Crippen LogP contribution in [0.15, 0.2) is 63.0 Å². The molecule has 0 unspecified atom stereocenters. The number of thioether (sulfide) groups is 1. The Kier molecular flexibility index (Phi) is 6.78. The number of fused-ring (bicyclic) bond motifs is 1.